The molecule has 2 atom stereocenters. The minimum atomic E-state index is -0.280. The van der Waals surface area contributed by atoms with E-state index in [4.69, 9.17) is 5.73 Å². The van der Waals surface area contributed by atoms with Crippen LogP contribution in [0.2, 0.25) is 0 Å². The lowest BCUT2D eigenvalue weighted by atomic mass is 10.1. The van der Waals surface area contributed by atoms with Gasteiger partial charge in [0, 0.05) is 29.8 Å². The Bertz CT molecular complexity index is 844. The van der Waals surface area contributed by atoms with Gasteiger partial charge >= 0.3 is 0 Å². The molecule has 1 fully saturated rings. The fraction of sp³-hybridized carbons (Fsp3) is 0.294. The standard InChI is InChI=1S/C17H18FN5/c18-14-4-2-1-3-13(14)15-10-17(21-12-6-5-11(19)9-12)23-16(22-15)7-8-20-23/h1-4,7-8,10-12,21H,5-6,9,19H2/t11-,12-/m0/s1. The van der Waals surface area contributed by atoms with Crippen LogP contribution in [0.3, 0.4) is 0 Å². The van der Waals surface area contributed by atoms with E-state index in [1.54, 1.807) is 22.8 Å². The number of hydrogen-bond donors (Lipinski definition) is 2. The lowest BCUT2D eigenvalue weighted by molar-refractivity contribution is 0.630. The van der Waals surface area contributed by atoms with Crippen LogP contribution in [-0.2, 0) is 0 Å². The summed E-state index contributed by atoms with van der Waals surface area (Å²) in [7, 11) is 0. The molecular weight excluding hydrogens is 293 g/mol. The first-order chi connectivity index (χ1) is 11.2. The summed E-state index contributed by atoms with van der Waals surface area (Å²) in [6.07, 6.45) is 4.67. The minimum absolute atomic E-state index is 0.244. The summed E-state index contributed by atoms with van der Waals surface area (Å²) in [4.78, 5) is 4.51. The molecule has 1 aliphatic rings. The topological polar surface area (TPSA) is 68.2 Å². The summed E-state index contributed by atoms with van der Waals surface area (Å²) in [5, 5.41) is 7.79. The average molecular weight is 311 g/mol. The fourth-order valence-electron chi connectivity index (χ4n) is 3.18. The van der Waals surface area contributed by atoms with Gasteiger partial charge in [-0.1, -0.05) is 12.1 Å². The zero-order valence-electron chi connectivity index (χ0n) is 12.6. The Balaban J connectivity index is 1.77. The van der Waals surface area contributed by atoms with E-state index >= 15 is 0 Å². The van der Waals surface area contributed by atoms with Crippen LogP contribution >= 0.6 is 0 Å². The number of nitrogens with zero attached hydrogens (tertiary/aromatic N) is 3. The minimum Gasteiger partial charge on any atom is -0.367 e. The van der Waals surface area contributed by atoms with Crippen molar-refractivity contribution in [3.05, 3.63) is 48.4 Å². The second kappa shape index (κ2) is 5.62. The summed E-state index contributed by atoms with van der Waals surface area (Å²) in [6.45, 7) is 0. The highest BCUT2D eigenvalue weighted by molar-refractivity contribution is 5.67. The first-order valence-electron chi connectivity index (χ1n) is 7.82. The molecule has 5 nitrogen and oxygen atoms in total. The van der Waals surface area contributed by atoms with E-state index in [1.165, 1.54) is 6.07 Å². The summed E-state index contributed by atoms with van der Waals surface area (Å²) < 4.78 is 15.8. The van der Waals surface area contributed by atoms with Crippen LogP contribution in [0.5, 0.6) is 0 Å². The lowest BCUT2D eigenvalue weighted by Gasteiger charge is -2.16. The Morgan fingerprint density at radius 1 is 1.22 bits per heavy atom. The summed E-state index contributed by atoms with van der Waals surface area (Å²) in [5.41, 5.74) is 7.76. The molecule has 0 spiro atoms. The van der Waals surface area contributed by atoms with Crippen LogP contribution in [0.15, 0.2) is 42.6 Å². The van der Waals surface area contributed by atoms with Crippen molar-refractivity contribution in [2.24, 2.45) is 5.73 Å². The molecule has 0 radical (unpaired) electrons. The second-order valence-electron chi connectivity index (χ2n) is 6.02. The Hall–Kier alpha value is -2.47. The first-order valence-corrected chi connectivity index (χ1v) is 7.82. The number of aromatic nitrogens is 3. The monoisotopic (exact) mass is 311 g/mol. The molecule has 1 aliphatic carbocycles. The highest BCUT2D eigenvalue weighted by Crippen LogP contribution is 2.27. The van der Waals surface area contributed by atoms with E-state index in [-0.39, 0.29) is 11.9 Å². The number of fused-ring (bicyclic) bond motifs is 1. The van der Waals surface area contributed by atoms with Gasteiger partial charge in [0.05, 0.1) is 11.9 Å². The Morgan fingerprint density at radius 2 is 2.09 bits per heavy atom. The lowest BCUT2D eigenvalue weighted by Crippen LogP contribution is -2.22. The van der Waals surface area contributed by atoms with Crippen molar-refractivity contribution < 1.29 is 4.39 Å². The molecule has 118 valence electrons. The highest BCUT2D eigenvalue weighted by Gasteiger charge is 2.22. The van der Waals surface area contributed by atoms with Crippen LogP contribution in [-0.4, -0.2) is 26.7 Å². The van der Waals surface area contributed by atoms with E-state index in [0.29, 0.717) is 22.9 Å². The molecular formula is C17H18FN5. The molecule has 3 N–H and O–H groups in total. The normalized spacial score (nSPS) is 21.0. The largest absolute Gasteiger partial charge is 0.367 e. The molecule has 1 aromatic carbocycles. The molecule has 6 heteroatoms. The van der Waals surface area contributed by atoms with E-state index in [1.807, 2.05) is 18.2 Å². The van der Waals surface area contributed by atoms with Gasteiger partial charge in [0.15, 0.2) is 5.65 Å². The van der Waals surface area contributed by atoms with Crippen molar-refractivity contribution >= 4 is 11.5 Å². The van der Waals surface area contributed by atoms with E-state index in [0.717, 1.165) is 25.1 Å². The number of halogens is 1. The van der Waals surface area contributed by atoms with E-state index in [2.05, 4.69) is 15.4 Å². The number of benzene rings is 1. The van der Waals surface area contributed by atoms with E-state index < -0.39 is 0 Å². The van der Waals surface area contributed by atoms with Crippen LogP contribution in [0.4, 0.5) is 10.2 Å². The molecule has 4 rings (SSSR count). The molecule has 0 saturated heterocycles. The van der Waals surface area contributed by atoms with Crippen LogP contribution in [0.25, 0.3) is 16.9 Å². The second-order valence-corrected chi connectivity index (χ2v) is 6.02. The number of hydrogen-bond acceptors (Lipinski definition) is 4. The molecule has 3 aromatic rings. The number of anilines is 1. The maximum Gasteiger partial charge on any atom is 0.157 e. The predicted octanol–water partition coefficient (Wildman–Crippen LogP) is 2.83. The van der Waals surface area contributed by atoms with Crippen molar-refractivity contribution in [2.45, 2.75) is 31.3 Å². The quantitative estimate of drug-likeness (QED) is 0.780. The zero-order chi connectivity index (χ0) is 15.8. The van der Waals surface area contributed by atoms with Crippen LogP contribution < -0.4 is 11.1 Å². The van der Waals surface area contributed by atoms with Gasteiger partial charge in [-0.15, -0.1) is 0 Å². The van der Waals surface area contributed by atoms with Gasteiger partial charge < -0.3 is 11.1 Å². The van der Waals surface area contributed by atoms with Crippen molar-refractivity contribution in [3.63, 3.8) is 0 Å². The third-order valence-corrected chi connectivity index (χ3v) is 4.33. The molecule has 23 heavy (non-hydrogen) atoms. The highest BCUT2D eigenvalue weighted by atomic mass is 19.1. The van der Waals surface area contributed by atoms with Gasteiger partial charge in [0.25, 0.3) is 0 Å². The molecule has 2 heterocycles. The van der Waals surface area contributed by atoms with Gasteiger partial charge in [-0.2, -0.15) is 9.61 Å². The van der Waals surface area contributed by atoms with Crippen molar-refractivity contribution in [3.8, 4) is 11.3 Å². The van der Waals surface area contributed by atoms with Crippen LogP contribution in [0.1, 0.15) is 19.3 Å². The zero-order valence-corrected chi connectivity index (χ0v) is 12.6. The maximum atomic E-state index is 14.1. The van der Waals surface area contributed by atoms with Gasteiger partial charge in [-0.05, 0) is 31.4 Å². The smallest absolute Gasteiger partial charge is 0.157 e. The van der Waals surface area contributed by atoms with Gasteiger partial charge in [-0.3, -0.25) is 0 Å². The molecule has 0 unspecified atom stereocenters. The third kappa shape index (κ3) is 2.66. The van der Waals surface area contributed by atoms with Gasteiger partial charge in [0.2, 0.25) is 0 Å². The Kier molecular flexibility index (Phi) is 3.46. The molecule has 0 bridgehead atoms. The molecule has 1 saturated carbocycles. The van der Waals surface area contributed by atoms with Crippen molar-refractivity contribution in [2.75, 3.05) is 5.32 Å². The number of nitrogens with one attached hydrogen (secondary N) is 1. The molecule has 0 amide bonds. The predicted molar refractivity (Wildman–Crippen MR) is 87.6 cm³/mol. The third-order valence-electron chi connectivity index (χ3n) is 4.33. The van der Waals surface area contributed by atoms with E-state index in [9.17, 15) is 4.39 Å². The molecule has 2 aromatic heterocycles. The maximum absolute atomic E-state index is 14.1. The van der Waals surface area contributed by atoms with Gasteiger partial charge in [-0.25, -0.2) is 9.37 Å². The Morgan fingerprint density at radius 3 is 2.87 bits per heavy atom. The number of rotatable bonds is 3. The SMILES string of the molecule is N[C@H]1CC[C@H](Nc2cc(-c3ccccc3F)nc3ccnn23)C1. The Labute approximate surface area is 133 Å². The fourth-order valence-corrected chi connectivity index (χ4v) is 3.18. The van der Waals surface area contributed by atoms with Gasteiger partial charge in [0.1, 0.15) is 11.6 Å². The first kappa shape index (κ1) is 14.1. The summed E-state index contributed by atoms with van der Waals surface area (Å²) >= 11 is 0. The molecule has 0 aliphatic heterocycles. The van der Waals surface area contributed by atoms with Crippen molar-refractivity contribution in [1.82, 2.24) is 14.6 Å². The summed E-state index contributed by atoms with van der Waals surface area (Å²) in [5.74, 6) is 0.537. The average Bonchev–Trinajstić information content (AvgIpc) is 3.16. The van der Waals surface area contributed by atoms with Crippen LogP contribution in [0, 0.1) is 5.82 Å². The number of nitrogens with two attached hydrogens (primary N) is 1. The van der Waals surface area contributed by atoms with Crippen molar-refractivity contribution in [1.29, 1.82) is 0 Å². The summed E-state index contributed by atoms with van der Waals surface area (Å²) in [6, 6.07) is 10.9.